The Morgan fingerprint density at radius 2 is 1.04 bits per heavy atom. The summed E-state index contributed by atoms with van der Waals surface area (Å²) < 4.78 is 67.8. The number of hydrogen-bond donors (Lipinski definition) is 2. The number of nitrogens with one attached hydrogen (secondary N) is 2. The Kier molecular flexibility index (Phi) is 5.59. The third-order valence-electron chi connectivity index (χ3n) is 3.66. The third-order valence-corrected chi connectivity index (χ3v) is 6.68. The molecular formula is C18H14ClFN2O4S2. The summed E-state index contributed by atoms with van der Waals surface area (Å²) in [7, 11) is -8.02. The SMILES string of the molecule is O=S(=O)(Nc1ccccc1NS(=O)(=O)c1ccc(Cl)cc1)c1ccc(F)cc1. The van der Waals surface area contributed by atoms with Crippen molar-refractivity contribution in [3.05, 3.63) is 83.6 Å². The number of halogens is 2. The van der Waals surface area contributed by atoms with Gasteiger partial charge in [-0.05, 0) is 60.7 Å². The summed E-state index contributed by atoms with van der Waals surface area (Å²) in [4.78, 5) is -0.197. The molecule has 0 amide bonds. The van der Waals surface area contributed by atoms with Crippen LogP contribution in [0.2, 0.25) is 5.02 Å². The highest BCUT2D eigenvalue weighted by molar-refractivity contribution is 7.93. The first-order chi connectivity index (χ1) is 13.2. The van der Waals surface area contributed by atoms with Gasteiger partial charge in [0, 0.05) is 5.02 Å². The maximum Gasteiger partial charge on any atom is 0.261 e. The molecule has 0 saturated carbocycles. The van der Waals surface area contributed by atoms with Crippen molar-refractivity contribution in [2.24, 2.45) is 0 Å². The number of para-hydroxylation sites is 2. The van der Waals surface area contributed by atoms with Gasteiger partial charge in [0.2, 0.25) is 0 Å². The van der Waals surface area contributed by atoms with Crippen LogP contribution >= 0.6 is 11.6 Å². The second kappa shape index (κ2) is 7.78. The van der Waals surface area contributed by atoms with Crippen LogP contribution in [0.1, 0.15) is 0 Å². The van der Waals surface area contributed by atoms with Crippen LogP contribution in [-0.2, 0) is 20.0 Å². The fourth-order valence-corrected chi connectivity index (χ4v) is 4.58. The summed E-state index contributed by atoms with van der Waals surface area (Å²) in [5.41, 5.74) is 0.0486. The second-order valence-electron chi connectivity index (χ2n) is 5.66. The van der Waals surface area contributed by atoms with Gasteiger partial charge >= 0.3 is 0 Å². The highest BCUT2D eigenvalue weighted by Crippen LogP contribution is 2.27. The van der Waals surface area contributed by atoms with Gasteiger partial charge in [-0.3, -0.25) is 9.44 Å². The quantitative estimate of drug-likeness (QED) is 0.604. The predicted molar refractivity (Wildman–Crippen MR) is 106 cm³/mol. The Balaban J connectivity index is 1.91. The van der Waals surface area contributed by atoms with Gasteiger partial charge in [-0.1, -0.05) is 23.7 Å². The lowest BCUT2D eigenvalue weighted by molar-refractivity contribution is 0.598. The van der Waals surface area contributed by atoms with Crippen LogP contribution in [-0.4, -0.2) is 16.8 Å². The maximum atomic E-state index is 13.0. The molecule has 3 aromatic carbocycles. The average Bonchev–Trinajstić information content (AvgIpc) is 2.64. The molecule has 0 unspecified atom stereocenters. The predicted octanol–water partition coefficient (Wildman–Crippen LogP) is 4.08. The van der Waals surface area contributed by atoms with E-state index in [4.69, 9.17) is 11.6 Å². The van der Waals surface area contributed by atoms with Gasteiger partial charge in [-0.2, -0.15) is 0 Å². The summed E-state index contributed by atoms with van der Waals surface area (Å²) in [6.45, 7) is 0. The lowest BCUT2D eigenvalue weighted by Crippen LogP contribution is -2.17. The van der Waals surface area contributed by atoms with Crippen LogP contribution in [0.5, 0.6) is 0 Å². The van der Waals surface area contributed by atoms with E-state index in [9.17, 15) is 21.2 Å². The minimum Gasteiger partial charge on any atom is -0.277 e. The Labute approximate surface area is 167 Å². The third kappa shape index (κ3) is 4.61. The number of rotatable bonds is 6. The Bertz CT molecular complexity index is 1100. The van der Waals surface area contributed by atoms with Gasteiger partial charge < -0.3 is 0 Å². The molecule has 2 N–H and O–H groups in total. The number of anilines is 2. The summed E-state index contributed by atoms with van der Waals surface area (Å²) in [5.74, 6) is -0.574. The van der Waals surface area contributed by atoms with E-state index in [1.165, 1.54) is 36.4 Å². The Hall–Kier alpha value is -2.62. The molecule has 10 heteroatoms. The summed E-state index contributed by atoms with van der Waals surface area (Å²) in [6.07, 6.45) is 0. The molecule has 0 atom stereocenters. The first-order valence-electron chi connectivity index (χ1n) is 7.83. The van der Waals surface area contributed by atoms with Crippen molar-refractivity contribution in [3.63, 3.8) is 0 Å². The van der Waals surface area contributed by atoms with Crippen molar-refractivity contribution in [3.8, 4) is 0 Å². The van der Waals surface area contributed by atoms with E-state index in [2.05, 4.69) is 9.44 Å². The van der Waals surface area contributed by atoms with Crippen LogP contribution < -0.4 is 9.44 Å². The first-order valence-corrected chi connectivity index (χ1v) is 11.2. The van der Waals surface area contributed by atoms with Crippen molar-refractivity contribution in [1.82, 2.24) is 0 Å². The van der Waals surface area contributed by atoms with Gasteiger partial charge in [-0.15, -0.1) is 0 Å². The lowest BCUT2D eigenvalue weighted by atomic mass is 10.3. The van der Waals surface area contributed by atoms with Crippen LogP contribution in [0, 0.1) is 5.82 Å². The lowest BCUT2D eigenvalue weighted by Gasteiger charge is -2.14. The van der Waals surface area contributed by atoms with E-state index in [1.54, 1.807) is 12.1 Å². The molecule has 0 aromatic heterocycles. The number of benzene rings is 3. The highest BCUT2D eigenvalue weighted by Gasteiger charge is 2.19. The number of hydrogen-bond acceptors (Lipinski definition) is 4. The molecule has 0 aliphatic heterocycles. The zero-order chi connectivity index (χ0) is 20.4. The van der Waals surface area contributed by atoms with Crippen LogP contribution in [0.25, 0.3) is 0 Å². The minimum atomic E-state index is -4.05. The molecule has 6 nitrogen and oxygen atoms in total. The molecule has 28 heavy (non-hydrogen) atoms. The Morgan fingerprint density at radius 1 is 0.643 bits per heavy atom. The summed E-state index contributed by atoms with van der Waals surface area (Å²) in [5, 5.41) is 0.381. The minimum absolute atomic E-state index is 0.0179. The molecule has 0 saturated heterocycles. The molecule has 0 spiro atoms. The monoisotopic (exact) mass is 440 g/mol. The van der Waals surface area contributed by atoms with Gasteiger partial charge in [0.1, 0.15) is 5.82 Å². The molecule has 0 fully saturated rings. The zero-order valence-corrected chi connectivity index (χ0v) is 16.5. The average molecular weight is 441 g/mol. The fraction of sp³-hybridized carbons (Fsp3) is 0. The molecule has 3 aromatic rings. The second-order valence-corrected chi connectivity index (χ2v) is 9.47. The molecule has 0 aliphatic carbocycles. The van der Waals surface area contributed by atoms with Gasteiger partial charge in [0.05, 0.1) is 21.2 Å². The fourth-order valence-electron chi connectivity index (χ4n) is 2.30. The van der Waals surface area contributed by atoms with E-state index in [0.717, 1.165) is 24.3 Å². The van der Waals surface area contributed by atoms with Gasteiger partial charge in [-0.25, -0.2) is 21.2 Å². The summed E-state index contributed by atoms with van der Waals surface area (Å²) in [6, 6.07) is 15.7. The molecule has 0 radical (unpaired) electrons. The topological polar surface area (TPSA) is 92.3 Å². The molecule has 3 rings (SSSR count). The van der Waals surface area contributed by atoms with Gasteiger partial charge in [0.15, 0.2) is 0 Å². The van der Waals surface area contributed by atoms with Gasteiger partial charge in [0.25, 0.3) is 20.0 Å². The van der Waals surface area contributed by atoms with E-state index in [1.807, 2.05) is 0 Å². The van der Waals surface area contributed by atoms with E-state index in [-0.39, 0.29) is 21.2 Å². The smallest absolute Gasteiger partial charge is 0.261 e. The van der Waals surface area contributed by atoms with E-state index >= 15 is 0 Å². The maximum absolute atomic E-state index is 13.0. The summed E-state index contributed by atoms with van der Waals surface area (Å²) >= 11 is 5.77. The normalized spacial score (nSPS) is 11.8. The standard InChI is InChI=1S/C18H14ClFN2O4S2/c19-13-5-9-15(10-6-13)27(23,24)21-17-3-1-2-4-18(17)22-28(25,26)16-11-7-14(20)8-12-16/h1-12,21-22H. The molecular weight excluding hydrogens is 427 g/mol. The van der Waals surface area contributed by atoms with E-state index in [0.29, 0.717) is 5.02 Å². The van der Waals surface area contributed by atoms with Crippen LogP contribution in [0.15, 0.2) is 82.6 Å². The van der Waals surface area contributed by atoms with Crippen molar-refractivity contribution < 1.29 is 21.2 Å². The van der Waals surface area contributed by atoms with Crippen molar-refractivity contribution in [2.45, 2.75) is 9.79 Å². The Morgan fingerprint density at radius 3 is 1.46 bits per heavy atom. The zero-order valence-electron chi connectivity index (χ0n) is 14.1. The van der Waals surface area contributed by atoms with Crippen molar-refractivity contribution in [2.75, 3.05) is 9.44 Å². The van der Waals surface area contributed by atoms with Crippen LogP contribution in [0.3, 0.4) is 0 Å². The van der Waals surface area contributed by atoms with Crippen molar-refractivity contribution in [1.29, 1.82) is 0 Å². The molecule has 146 valence electrons. The molecule has 0 heterocycles. The molecule has 0 aliphatic rings. The highest BCUT2D eigenvalue weighted by atomic mass is 35.5. The van der Waals surface area contributed by atoms with Crippen LogP contribution in [0.4, 0.5) is 15.8 Å². The largest absolute Gasteiger partial charge is 0.277 e. The number of sulfonamides is 2. The van der Waals surface area contributed by atoms with Crippen molar-refractivity contribution >= 4 is 43.0 Å². The first kappa shape index (κ1) is 20.1. The molecule has 0 bridgehead atoms. The van der Waals surface area contributed by atoms with E-state index < -0.39 is 25.9 Å².